The Morgan fingerprint density at radius 2 is 2.05 bits per heavy atom. The van der Waals surface area contributed by atoms with Crippen molar-refractivity contribution in [3.63, 3.8) is 0 Å². The first-order valence-electron chi connectivity index (χ1n) is 7.27. The van der Waals surface area contributed by atoms with Gasteiger partial charge in [-0.05, 0) is 58.8 Å². The first-order chi connectivity index (χ1) is 9.77. The molecule has 0 atom stereocenters. The summed E-state index contributed by atoms with van der Waals surface area (Å²) >= 11 is 1.26. The Labute approximate surface area is 132 Å². The summed E-state index contributed by atoms with van der Waals surface area (Å²) in [5.41, 5.74) is 6.54. The number of nitrogens with one attached hydrogen (secondary N) is 1. The maximum atomic E-state index is 12.2. The zero-order valence-electron chi connectivity index (χ0n) is 13.3. The van der Waals surface area contributed by atoms with E-state index in [9.17, 15) is 8.42 Å². The van der Waals surface area contributed by atoms with E-state index in [2.05, 4.69) is 30.5 Å². The molecule has 122 valence electrons. The summed E-state index contributed by atoms with van der Waals surface area (Å²) in [4.78, 5) is 3.18. The van der Waals surface area contributed by atoms with Crippen molar-refractivity contribution in [1.82, 2.24) is 9.62 Å². The Kier molecular flexibility index (Phi) is 7.29. The molecule has 1 rings (SSSR count). The van der Waals surface area contributed by atoms with Crippen LogP contribution in [0, 0.1) is 6.92 Å². The van der Waals surface area contributed by atoms with Crippen molar-refractivity contribution in [1.29, 1.82) is 0 Å². The molecular weight excluding hydrogens is 306 g/mol. The first-order valence-corrected chi connectivity index (χ1v) is 9.57. The van der Waals surface area contributed by atoms with Crippen LogP contribution in [-0.2, 0) is 16.6 Å². The van der Waals surface area contributed by atoms with Crippen LogP contribution in [0.5, 0.6) is 0 Å². The Balaban J connectivity index is 2.43. The van der Waals surface area contributed by atoms with Crippen molar-refractivity contribution in [3.8, 4) is 0 Å². The molecule has 0 saturated heterocycles. The molecule has 0 spiro atoms. The highest BCUT2D eigenvalue weighted by atomic mass is 32.2. The van der Waals surface area contributed by atoms with Gasteiger partial charge in [-0.1, -0.05) is 0 Å². The third-order valence-corrected chi connectivity index (χ3v) is 6.75. The lowest BCUT2D eigenvalue weighted by atomic mass is 10.2. The van der Waals surface area contributed by atoms with Crippen molar-refractivity contribution in [2.24, 2.45) is 5.73 Å². The van der Waals surface area contributed by atoms with Crippen molar-refractivity contribution in [2.75, 3.05) is 20.1 Å². The molecule has 0 bridgehead atoms. The molecule has 0 fully saturated rings. The zero-order valence-corrected chi connectivity index (χ0v) is 15.0. The van der Waals surface area contributed by atoms with Gasteiger partial charge in [0.25, 0.3) is 0 Å². The van der Waals surface area contributed by atoms with E-state index in [1.54, 1.807) is 6.07 Å². The molecule has 0 unspecified atom stereocenters. The van der Waals surface area contributed by atoms with E-state index in [0.717, 1.165) is 29.8 Å². The minimum absolute atomic E-state index is 0.361. The smallest absolute Gasteiger partial charge is 0.250 e. The van der Waals surface area contributed by atoms with E-state index in [0.29, 0.717) is 23.3 Å². The zero-order chi connectivity index (χ0) is 16.0. The van der Waals surface area contributed by atoms with E-state index < -0.39 is 10.0 Å². The number of hydrogen-bond acceptors (Lipinski definition) is 5. The Hall–Kier alpha value is -0.470. The van der Waals surface area contributed by atoms with E-state index in [4.69, 9.17) is 5.73 Å². The summed E-state index contributed by atoms with van der Waals surface area (Å²) in [7, 11) is -1.31. The molecule has 0 saturated carbocycles. The summed E-state index contributed by atoms with van der Waals surface area (Å²) in [5, 5.41) is 0. The van der Waals surface area contributed by atoms with Crippen molar-refractivity contribution in [3.05, 3.63) is 16.5 Å². The number of sulfonamides is 1. The number of thiophene rings is 1. The number of hydrogen-bond donors (Lipinski definition) is 2. The molecule has 0 aliphatic carbocycles. The monoisotopic (exact) mass is 333 g/mol. The first kappa shape index (κ1) is 18.6. The average molecular weight is 334 g/mol. The summed E-state index contributed by atoms with van der Waals surface area (Å²) < 4.78 is 27.4. The average Bonchev–Trinajstić information content (AvgIpc) is 2.80. The highest BCUT2D eigenvalue weighted by molar-refractivity contribution is 7.91. The molecule has 0 aromatic carbocycles. The van der Waals surface area contributed by atoms with Gasteiger partial charge < -0.3 is 10.6 Å². The predicted molar refractivity (Wildman–Crippen MR) is 89.1 cm³/mol. The molecule has 0 radical (unpaired) electrons. The number of rotatable bonds is 9. The fourth-order valence-electron chi connectivity index (χ4n) is 1.85. The molecular formula is C14H27N3O2S2. The Morgan fingerprint density at radius 3 is 2.57 bits per heavy atom. The predicted octanol–water partition coefficient (Wildman–Crippen LogP) is 1.91. The minimum atomic E-state index is -3.39. The molecule has 1 aromatic rings. The second kappa shape index (κ2) is 8.24. The van der Waals surface area contributed by atoms with Gasteiger partial charge in [-0.15, -0.1) is 11.3 Å². The van der Waals surface area contributed by atoms with E-state index in [1.807, 2.05) is 6.92 Å². The number of unbranched alkanes of at least 4 members (excludes halogenated alkanes) is 1. The highest BCUT2D eigenvalue weighted by Crippen LogP contribution is 2.25. The molecule has 0 amide bonds. The summed E-state index contributed by atoms with van der Waals surface area (Å²) in [6.07, 6.45) is 1.82. The third-order valence-electron chi connectivity index (χ3n) is 3.56. The minimum Gasteiger partial charge on any atom is -0.326 e. The van der Waals surface area contributed by atoms with Crippen LogP contribution >= 0.6 is 11.3 Å². The summed E-state index contributed by atoms with van der Waals surface area (Å²) in [5.74, 6) is 0. The maximum Gasteiger partial charge on any atom is 0.250 e. The maximum absolute atomic E-state index is 12.2. The molecule has 1 aromatic heterocycles. The van der Waals surface area contributed by atoms with Gasteiger partial charge in [-0.2, -0.15) is 0 Å². The molecule has 0 aliphatic rings. The quantitative estimate of drug-likeness (QED) is 0.677. The van der Waals surface area contributed by atoms with Crippen LogP contribution < -0.4 is 10.5 Å². The van der Waals surface area contributed by atoms with Crippen LogP contribution in [0.15, 0.2) is 10.3 Å². The van der Waals surface area contributed by atoms with Crippen LogP contribution in [0.3, 0.4) is 0 Å². The number of nitrogens with two attached hydrogens (primary N) is 1. The SMILES string of the molecule is Cc1cc(S(=O)(=O)NCCCCN(C)C(C)C)sc1CN. The van der Waals surface area contributed by atoms with Gasteiger partial charge in [0.15, 0.2) is 0 Å². The second-order valence-electron chi connectivity index (χ2n) is 5.55. The third kappa shape index (κ3) is 5.67. The van der Waals surface area contributed by atoms with E-state index in [1.165, 1.54) is 11.3 Å². The molecule has 3 N–H and O–H groups in total. The largest absolute Gasteiger partial charge is 0.326 e. The summed E-state index contributed by atoms with van der Waals surface area (Å²) in [6.45, 7) is 8.03. The van der Waals surface area contributed by atoms with Gasteiger partial charge >= 0.3 is 0 Å². The van der Waals surface area contributed by atoms with Gasteiger partial charge in [0, 0.05) is 24.0 Å². The summed E-state index contributed by atoms with van der Waals surface area (Å²) in [6, 6.07) is 2.22. The standard InChI is InChI=1S/C14H27N3O2S2/c1-11(2)17(4)8-6-5-7-16-21(18,19)14-9-12(3)13(10-15)20-14/h9,11,16H,5-8,10,15H2,1-4H3. The van der Waals surface area contributed by atoms with E-state index >= 15 is 0 Å². The molecule has 7 heteroatoms. The lowest BCUT2D eigenvalue weighted by Crippen LogP contribution is -2.28. The van der Waals surface area contributed by atoms with Crippen LogP contribution in [0.4, 0.5) is 0 Å². The lowest BCUT2D eigenvalue weighted by molar-refractivity contribution is 0.268. The second-order valence-corrected chi connectivity index (χ2v) is 8.69. The number of nitrogens with zero attached hydrogens (tertiary/aromatic N) is 1. The lowest BCUT2D eigenvalue weighted by Gasteiger charge is -2.20. The molecule has 5 nitrogen and oxygen atoms in total. The molecule has 0 aliphatic heterocycles. The van der Waals surface area contributed by atoms with Gasteiger partial charge in [0.1, 0.15) is 4.21 Å². The van der Waals surface area contributed by atoms with Crippen molar-refractivity contribution >= 4 is 21.4 Å². The van der Waals surface area contributed by atoms with Gasteiger partial charge in [-0.25, -0.2) is 13.1 Å². The van der Waals surface area contributed by atoms with Crippen molar-refractivity contribution < 1.29 is 8.42 Å². The van der Waals surface area contributed by atoms with Crippen LogP contribution in [0.2, 0.25) is 0 Å². The van der Waals surface area contributed by atoms with Crippen LogP contribution in [0.25, 0.3) is 0 Å². The topological polar surface area (TPSA) is 75.4 Å². The Bertz CT molecular complexity index is 538. The van der Waals surface area contributed by atoms with Gasteiger partial charge in [0.2, 0.25) is 10.0 Å². The van der Waals surface area contributed by atoms with Crippen LogP contribution in [0.1, 0.15) is 37.1 Å². The normalized spacial score (nSPS) is 12.5. The van der Waals surface area contributed by atoms with Crippen molar-refractivity contribution in [2.45, 2.75) is 50.4 Å². The molecule has 1 heterocycles. The Morgan fingerprint density at radius 1 is 1.38 bits per heavy atom. The van der Waals surface area contributed by atoms with E-state index in [-0.39, 0.29) is 0 Å². The van der Waals surface area contributed by atoms with Gasteiger partial charge in [-0.3, -0.25) is 0 Å². The fraction of sp³-hybridized carbons (Fsp3) is 0.714. The van der Waals surface area contributed by atoms with Gasteiger partial charge in [0.05, 0.1) is 0 Å². The highest BCUT2D eigenvalue weighted by Gasteiger charge is 2.17. The number of aryl methyl sites for hydroxylation is 1. The molecule has 21 heavy (non-hydrogen) atoms. The van der Waals surface area contributed by atoms with Crippen LogP contribution in [-0.4, -0.2) is 39.5 Å². The fourth-order valence-corrected chi connectivity index (χ4v) is 4.43.